The quantitative estimate of drug-likeness (QED) is 0.839. The summed E-state index contributed by atoms with van der Waals surface area (Å²) in [5, 5.41) is 9.02. The molecule has 4 nitrogen and oxygen atoms in total. The van der Waals surface area contributed by atoms with E-state index in [1.165, 1.54) is 0 Å². The molecule has 2 rings (SSSR count). The van der Waals surface area contributed by atoms with E-state index in [1.54, 1.807) is 43.5 Å². The first-order chi connectivity index (χ1) is 8.70. The second-order valence-electron chi connectivity index (χ2n) is 3.84. The number of aliphatic hydroxyl groups is 1. The van der Waals surface area contributed by atoms with E-state index >= 15 is 0 Å². The van der Waals surface area contributed by atoms with Gasteiger partial charge in [-0.05, 0) is 30.7 Å². The van der Waals surface area contributed by atoms with Crippen molar-refractivity contribution in [2.45, 2.75) is 13.5 Å². The zero-order valence-corrected chi connectivity index (χ0v) is 9.96. The molecule has 2 aromatic rings. The van der Waals surface area contributed by atoms with Gasteiger partial charge in [0.25, 0.3) is 0 Å². The average molecular weight is 243 g/mol. The smallest absolute Gasteiger partial charge is 0.343 e. The van der Waals surface area contributed by atoms with Gasteiger partial charge in [0.15, 0.2) is 5.75 Å². The number of ether oxygens (including phenoxy) is 1. The summed E-state index contributed by atoms with van der Waals surface area (Å²) in [6, 6.07) is 10.3. The largest absolute Gasteiger partial charge is 0.421 e. The van der Waals surface area contributed by atoms with Crippen LogP contribution in [0.15, 0.2) is 42.6 Å². The van der Waals surface area contributed by atoms with Gasteiger partial charge in [-0.3, -0.25) is 4.98 Å². The van der Waals surface area contributed by atoms with Gasteiger partial charge in [-0.2, -0.15) is 0 Å². The molecule has 4 heteroatoms. The molecule has 0 saturated heterocycles. The summed E-state index contributed by atoms with van der Waals surface area (Å²) in [6.07, 6.45) is 1.55. The molecule has 0 radical (unpaired) electrons. The highest BCUT2D eigenvalue weighted by Crippen LogP contribution is 2.18. The normalized spacial score (nSPS) is 10.1. The summed E-state index contributed by atoms with van der Waals surface area (Å²) in [7, 11) is 0. The number of hydrogen-bond donors (Lipinski definition) is 1. The first-order valence-electron chi connectivity index (χ1n) is 5.54. The fraction of sp³-hybridized carbons (Fsp3) is 0.143. The molecular weight excluding hydrogens is 230 g/mol. The fourth-order valence-corrected chi connectivity index (χ4v) is 1.48. The molecule has 0 spiro atoms. The molecule has 0 aliphatic carbocycles. The monoisotopic (exact) mass is 243 g/mol. The molecule has 0 bridgehead atoms. The lowest BCUT2D eigenvalue weighted by molar-refractivity contribution is 0.0732. The van der Waals surface area contributed by atoms with Gasteiger partial charge in [-0.25, -0.2) is 4.79 Å². The number of aromatic nitrogens is 1. The number of esters is 1. The van der Waals surface area contributed by atoms with Crippen LogP contribution in [0.1, 0.15) is 21.6 Å². The third kappa shape index (κ3) is 2.73. The zero-order valence-electron chi connectivity index (χ0n) is 9.96. The first-order valence-corrected chi connectivity index (χ1v) is 5.54. The number of benzene rings is 1. The maximum absolute atomic E-state index is 11.9. The minimum atomic E-state index is -0.435. The van der Waals surface area contributed by atoms with E-state index in [4.69, 9.17) is 9.84 Å². The third-order valence-electron chi connectivity index (χ3n) is 2.49. The Kier molecular flexibility index (Phi) is 3.69. The zero-order chi connectivity index (χ0) is 13.0. The molecule has 0 fully saturated rings. The van der Waals surface area contributed by atoms with Crippen LogP contribution in [0.3, 0.4) is 0 Å². The minimum absolute atomic E-state index is 0.136. The lowest BCUT2D eigenvalue weighted by Gasteiger charge is -2.07. The summed E-state index contributed by atoms with van der Waals surface area (Å²) in [5.41, 5.74) is 1.69. The Balaban J connectivity index is 2.21. The van der Waals surface area contributed by atoms with Crippen molar-refractivity contribution in [2.75, 3.05) is 0 Å². The summed E-state index contributed by atoms with van der Waals surface area (Å²) in [4.78, 5) is 15.9. The molecule has 18 heavy (non-hydrogen) atoms. The van der Waals surface area contributed by atoms with Crippen LogP contribution in [0.4, 0.5) is 0 Å². The molecule has 0 aliphatic rings. The van der Waals surface area contributed by atoms with Crippen LogP contribution in [0.2, 0.25) is 0 Å². The van der Waals surface area contributed by atoms with E-state index in [2.05, 4.69) is 4.98 Å². The van der Waals surface area contributed by atoms with Crippen molar-refractivity contribution in [2.24, 2.45) is 0 Å². The van der Waals surface area contributed by atoms with Crippen LogP contribution in [0.5, 0.6) is 5.75 Å². The van der Waals surface area contributed by atoms with Crippen LogP contribution >= 0.6 is 0 Å². The lowest BCUT2D eigenvalue weighted by Crippen LogP contribution is -2.09. The van der Waals surface area contributed by atoms with E-state index < -0.39 is 5.97 Å². The van der Waals surface area contributed by atoms with Crippen molar-refractivity contribution in [3.63, 3.8) is 0 Å². The summed E-state index contributed by atoms with van der Waals surface area (Å²) < 4.78 is 5.26. The Morgan fingerprint density at radius 1 is 1.33 bits per heavy atom. The molecule has 0 aliphatic heterocycles. The minimum Gasteiger partial charge on any atom is -0.421 e. The SMILES string of the molecule is Cc1ncc(CO)cc1OC(=O)c1ccccc1. The van der Waals surface area contributed by atoms with Crippen molar-refractivity contribution in [1.29, 1.82) is 0 Å². The number of aliphatic hydroxyl groups excluding tert-OH is 1. The van der Waals surface area contributed by atoms with E-state index in [1.807, 2.05) is 6.07 Å². The molecular formula is C14H13NO3. The maximum Gasteiger partial charge on any atom is 0.343 e. The molecule has 0 saturated carbocycles. The highest BCUT2D eigenvalue weighted by molar-refractivity contribution is 5.91. The highest BCUT2D eigenvalue weighted by atomic mass is 16.5. The number of pyridine rings is 1. The molecule has 0 atom stereocenters. The van der Waals surface area contributed by atoms with Crippen molar-refractivity contribution >= 4 is 5.97 Å². The Morgan fingerprint density at radius 3 is 2.72 bits per heavy atom. The number of rotatable bonds is 3. The fourth-order valence-electron chi connectivity index (χ4n) is 1.48. The second kappa shape index (κ2) is 5.42. The van der Waals surface area contributed by atoms with Crippen LogP contribution in [-0.4, -0.2) is 16.1 Å². The van der Waals surface area contributed by atoms with Gasteiger partial charge < -0.3 is 9.84 Å². The van der Waals surface area contributed by atoms with E-state index in [9.17, 15) is 4.79 Å². The number of nitrogens with zero attached hydrogens (tertiary/aromatic N) is 1. The highest BCUT2D eigenvalue weighted by Gasteiger charge is 2.10. The predicted molar refractivity (Wildman–Crippen MR) is 66.3 cm³/mol. The van der Waals surface area contributed by atoms with Crippen LogP contribution in [0.25, 0.3) is 0 Å². The summed E-state index contributed by atoms with van der Waals surface area (Å²) in [5.74, 6) is -0.0639. The summed E-state index contributed by atoms with van der Waals surface area (Å²) in [6.45, 7) is 1.61. The number of carbonyl (C=O) groups is 1. The Morgan fingerprint density at radius 2 is 2.06 bits per heavy atom. The molecule has 1 N–H and O–H groups in total. The van der Waals surface area contributed by atoms with E-state index in [0.717, 1.165) is 0 Å². The standard InChI is InChI=1S/C14H13NO3/c1-10-13(7-11(9-16)8-15-10)18-14(17)12-5-3-2-4-6-12/h2-8,16H,9H2,1H3. The van der Waals surface area contributed by atoms with Crippen LogP contribution < -0.4 is 4.74 Å². The predicted octanol–water partition coefficient (Wildman–Crippen LogP) is 2.10. The van der Waals surface area contributed by atoms with E-state index in [0.29, 0.717) is 22.6 Å². The van der Waals surface area contributed by atoms with Crippen molar-refractivity contribution in [3.8, 4) is 5.75 Å². The molecule has 1 heterocycles. The Bertz CT molecular complexity index is 552. The van der Waals surface area contributed by atoms with Gasteiger partial charge in [-0.1, -0.05) is 18.2 Å². The maximum atomic E-state index is 11.9. The molecule has 1 aromatic heterocycles. The second-order valence-corrected chi connectivity index (χ2v) is 3.84. The lowest BCUT2D eigenvalue weighted by atomic mass is 10.2. The van der Waals surface area contributed by atoms with Gasteiger partial charge in [-0.15, -0.1) is 0 Å². The van der Waals surface area contributed by atoms with Crippen molar-refractivity contribution in [3.05, 3.63) is 59.4 Å². The van der Waals surface area contributed by atoms with Crippen LogP contribution in [0, 0.1) is 6.92 Å². The van der Waals surface area contributed by atoms with Crippen LogP contribution in [-0.2, 0) is 6.61 Å². The van der Waals surface area contributed by atoms with Gasteiger partial charge in [0.05, 0.1) is 17.9 Å². The molecule has 0 amide bonds. The molecule has 92 valence electrons. The van der Waals surface area contributed by atoms with Gasteiger partial charge in [0.2, 0.25) is 0 Å². The third-order valence-corrected chi connectivity index (χ3v) is 2.49. The van der Waals surface area contributed by atoms with Crippen molar-refractivity contribution < 1.29 is 14.6 Å². The summed E-state index contributed by atoms with van der Waals surface area (Å²) >= 11 is 0. The number of carbonyl (C=O) groups excluding carboxylic acids is 1. The van der Waals surface area contributed by atoms with Crippen molar-refractivity contribution in [1.82, 2.24) is 4.98 Å². The van der Waals surface area contributed by atoms with Gasteiger partial charge in [0.1, 0.15) is 0 Å². The number of hydrogen-bond acceptors (Lipinski definition) is 4. The Labute approximate surface area is 105 Å². The molecule has 0 unspecified atom stereocenters. The topological polar surface area (TPSA) is 59.4 Å². The average Bonchev–Trinajstić information content (AvgIpc) is 2.42. The Hall–Kier alpha value is -2.20. The van der Waals surface area contributed by atoms with E-state index in [-0.39, 0.29) is 6.61 Å². The number of aryl methyl sites for hydroxylation is 1. The van der Waals surface area contributed by atoms with Gasteiger partial charge >= 0.3 is 5.97 Å². The van der Waals surface area contributed by atoms with Gasteiger partial charge in [0, 0.05) is 6.20 Å². The molecule has 1 aromatic carbocycles. The first kappa shape index (κ1) is 12.3.